The van der Waals surface area contributed by atoms with Crippen LogP contribution in [0.3, 0.4) is 0 Å². The fourth-order valence-corrected chi connectivity index (χ4v) is 2.06. The van der Waals surface area contributed by atoms with Crippen LogP contribution in [0.4, 0.5) is 5.82 Å². The number of hydrogen-bond acceptors (Lipinski definition) is 2. The second-order valence-corrected chi connectivity index (χ2v) is 5.07. The number of nitrogens with zero attached hydrogens (tertiary/aromatic N) is 2. The lowest BCUT2D eigenvalue weighted by Crippen LogP contribution is -2.08. The van der Waals surface area contributed by atoms with Crippen LogP contribution in [0.5, 0.6) is 0 Å². The molecule has 1 aromatic heterocycles. The van der Waals surface area contributed by atoms with Gasteiger partial charge < -0.3 is 10.3 Å². The number of nitrogen functional groups attached to an aromatic ring is 1. The van der Waals surface area contributed by atoms with Gasteiger partial charge in [-0.2, -0.15) is 0 Å². The van der Waals surface area contributed by atoms with Gasteiger partial charge in [-0.3, -0.25) is 0 Å². The van der Waals surface area contributed by atoms with Gasteiger partial charge in [-0.15, -0.1) is 0 Å². The first-order valence-corrected chi connectivity index (χ1v) is 6.96. The summed E-state index contributed by atoms with van der Waals surface area (Å²) in [4.78, 5) is 4.74. The van der Waals surface area contributed by atoms with E-state index in [4.69, 9.17) is 10.7 Å². The Morgan fingerprint density at radius 1 is 1.18 bits per heavy atom. The largest absolute Gasteiger partial charge is 0.384 e. The molecule has 0 radical (unpaired) electrons. The number of unbranched alkanes of at least 4 members (excludes halogenated alkanes) is 2. The van der Waals surface area contributed by atoms with Crippen LogP contribution in [0.25, 0.3) is 0 Å². The number of aryl methyl sites for hydroxylation is 1. The second kappa shape index (κ2) is 6.67. The van der Waals surface area contributed by atoms with Crippen molar-refractivity contribution < 1.29 is 0 Å². The van der Waals surface area contributed by atoms with Gasteiger partial charge >= 0.3 is 0 Å². The Bertz CT molecular complexity index is 339. The molecule has 98 valence electrons. The van der Waals surface area contributed by atoms with Crippen LogP contribution in [0.15, 0.2) is 0 Å². The summed E-state index contributed by atoms with van der Waals surface area (Å²) in [6.07, 6.45) is 5.75. The van der Waals surface area contributed by atoms with Gasteiger partial charge in [-0.05, 0) is 19.3 Å². The smallest absolute Gasteiger partial charge is 0.126 e. The maximum absolute atomic E-state index is 6.22. The van der Waals surface area contributed by atoms with Crippen molar-refractivity contribution in [1.82, 2.24) is 9.55 Å². The van der Waals surface area contributed by atoms with Gasteiger partial charge in [-0.25, -0.2) is 4.98 Å². The molecule has 0 bridgehead atoms. The van der Waals surface area contributed by atoms with Crippen molar-refractivity contribution in [2.75, 3.05) is 5.73 Å². The quantitative estimate of drug-likeness (QED) is 0.785. The molecule has 1 heterocycles. The number of nitrogens with two attached hydrogens (primary N) is 1. The maximum Gasteiger partial charge on any atom is 0.126 e. The van der Waals surface area contributed by atoms with Gasteiger partial charge in [-0.1, -0.05) is 40.5 Å². The van der Waals surface area contributed by atoms with Gasteiger partial charge in [0.05, 0.1) is 5.69 Å². The topological polar surface area (TPSA) is 43.8 Å². The zero-order chi connectivity index (χ0) is 12.8. The zero-order valence-corrected chi connectivity index (χ0v) is 11.8. The van der Waals surface area contributed by atoms with E-state index in [-0.39, 0.29) is 0 Å². The van der Waals surface area contributed by atoms with Crippen LogP contribution in [-0.4, -0.2) is 9.55 Å². The fourth-order valence-electron chi connectivity index (χ4n) is 2.06. The van der Waals surface area contributed by atoms with Crippen molar-refractivity contribution in [1.29, 1.82) is 0 Å². The Morgan fingerprint density at radius 2 is 1.82 bits per heavy atom. The second-order valence-electron chi connectivity index (χ2n) is 5.07. The molecule has 0 aliphatic rings. The van der Waals surface area contributed by atoms with E-state index in [1.807, 2.05) is 0 Å². The molecule has 0 saturated carbocycles. The Morgan fingerprint density at radius 3 is 2.35 bits per heavy atom. The first-order chi connectivity index (χ1) is 8.11. The van der Waals surface area contributed by atoms with Crippen LogP contribution >= 0.6 is 0 Å². The minimum atomic E-state index is 0.449. The van der Waals surface area contributed by atoms with Crippen LogP contribution in [0.1, 0.15) is 70.8 Å². The summed E-state index contributed by atoms with van der Waals surface area (Å²) < 4.78 is 2.22. The molecule has 0 aromatic carbocycles. The predicted octanol–water partition coefficient (Wildman–Crippen LogP) is 3.73. The molecule has 0 unspecified atom stereocenters. The van der Waals surface area contributed by atoms with Crippen molar-refractivity contribution in [3.05, 3.63) is 11.5 Å². The van der Waals surface area contributed by atoms with Crippen molar-refractivity contribution in [2.45, 2.75) is 72.3 Å². The summed E-state index contributed by atoms with van der Waals surface area (Å²) >= 11 is 0. The van der Waals surface area contributed by atoms with Crippen LogP contribution in [0.2, 0.25) is 0 Å². The first kappa shape index (κ1) is 14.1. The summed E-state index contributed by atoms with van der Waals surface area (Å²) in [5.41, 5.74) is 7.33. The molecule has 1 rings (SSSR count). The van der Waals surface area contributed by atoms with E-state index in [0.717, 1.165) is 30.3 Å². The highest BCUT2D eigenvalue weighted by Gasteiger charge is 2.16. The van der Waals surface area contributed by atoms with Crippen molar-refractivity contribution in [3.8, 4) is 0 Å². The molecule has 0 saturated heterocycles. The van der Waals surface area contributed by atoms with E-state index in [1.54, 1.807) is 0 Å². The van der Waals surface area contributed by atoms with E-state index < -0.39 is 0 Å². The third-order valence-corrected chi connectivity index (χ3v) is 3.13. The molecule has 0 aliphatic carbocycles. The summed E-state index contributed by atoms with van der Waals surface area (Å²) in [5, 5.41) is 0. The number of rotatable bonds is 7. The van der Waals surface area contributed by atoms with E-state index in [1.165, 1.54) is 25.7 Å². The summed E-state index contributed by atoms with van der Waals surface area (Å²) in [7, 11) is 0. The number of imidazole rings is 1. The van der Waals surface area contributed by atoms with E-state index in [9.17, 15) is 0 Å². The molecule has 1 aromatic rings. The molecule has 0 spiro atoms. The number of anilines is 1. The summed E-state index contributed by atoms with van der Waals surface area (Å²) in [5.74, 6) is 2.50. The fraction of sp³-hybridized carbons (Fsp3) is 0.786. The average molecular weight is 237 g/mol. The van der Waals surface area contributed by atoms with Crippen molar-refractivity contribution >= 4 is 5.82 Å². The average Bonchev–Trinajstić information content (AvgIpc) is 2.61. The van der Waals surface area contributed by atoms with E-state index in [0.29, 0.717) is 5.92 Å². The standard InChI is InChI=1S/C14H27N3/c1-5-7-9-12-13(15)17(10-8-6-2)14(16-12)11(3)4/h11H,5-10,15H2,1-4H3. The molecule has 3 heteroatoms. The maximum atomic E-state index is 6.22. The normalized spacial score (nSPS) is 11.4. The zero-order valence-electron chi connectivity index (χ0n) is 11.8. The number of aromatic nitrogens is 2. The summed E-state index contributed by atoms with van der Waals surface area (Å²) in [6, 6.07) is 0. The minimum absolute atomic E-state index is 0.449. The monoisotopic (exact) mass is 237 g/mol. The Kier molecular flexibility index (Phi) is 5.52. The van der Waals surface area contributed by atoms with E-state index >= 15 is 0 Å². The lowest BCUT2D eigenvalue weighted by Gasteiger charge is -2.11. The minimum Gasteiger partial charge on any atom is -0.384 e. The lowest BCUT2D eigenvalue weighted by atomic mass is 10.2. The predicted molar refractivity (Wildman–Crippen MR) is 74.2 cm³/mol. The molecular weight excluding hydrogens is 210 g/mol. The van der Waals surface area contributed by atoms with Gasteiger partial charge in [0.25, 0.3) is 0 Å². The van der Waals surface area contributed by atoms with Crippen LogP contribution in [0, 0.1) is 0 Å². The highest BCUT2D eigenvalue weighted by atomic mass is 15.1. The SMILES string of the molecule is CCCCc1nc(C(C)C)n(CCCC)c1N. The Labute approximate surface area is 105 Å². The highest BCUT2D eigenvalue weighted by molar-refractivity contribution is 5.39. The molecule has 3 nitrogen and oxygen atoms in total. The van der Waals surface area contributed by atoms with Gasteiger partial charge in [0, 0.05) is 12.5 Å². The van der Waals surface area contributed by atoms with Gasteiger partial charge in [0.15, 0.2) is 0 Å². The third kappa shape index (κ3) is 3.48. The number of hydrogen-bond donors (Lipinski definition) is 1. The molecule has 0 atom stereocenters. The van der Waals surface area contributed by atoms with Crippen molar-refractivity contribution in [2.24, 2.45) is 0 Å². The molecule has 2 N–H and O–H groups in total. The Hall–Kier alpha value is -0.990. The summed E-state index contributed by atoms with van der Waals surface area (Å²) in [6.45, 7) is 9.80. The van der Waals surface area contributed by atoms with Crippen LogP contribution < -0.4 is 5.73 Å². The Balaban J connectivity index is 2.93. The molecule has 0 amide bonds. The van der Waals surface area contributed by atoms with Crippen molar-refractivity contribution in [3.63, 3.8) is 0 Å². The molecule has 17 heavy (non-hydrogen) atoms. The highest BCUT2D eigenvalue weighted by Crippen LogP contribution is 2.23. The molecule has 0 fully saturated rings. The van der Waals surface area contributed by atoms with Gasteiger partial charge in [0.1, 0.15) is 11.6 Å². The van der Waals surface area contributed by atoms with E-state index in [2.05, 4.69) is 32.3 Å². The molecular formula is C14H27N3. The third-order valence-electron chi connectivity index (χ3n) is 3.13. The van der Waals surface area contributed by atoms with Gasteiger partial charge in [0.2, 0.25) is 0 Å². The van der Waals surface area contributed by atoms with Crippen LogP contribution in [-0.2, 0) is 13.0 Å². The first-order valence-electron chi connectivity index (χ1n) is 6.96. The molecule has 0 aliphatic heterocycles. The lowest BCUT2D eigenvalue weighted by molar-refractivity contribution is 0.588.